The third-order valence-electron chi connectivity index (χ3n) is 4.96. The average molecular weight is 465 g/mol. The van der Waals surface area contributed by atoms with Crippen molar-refractivity contribution < 1.29 is 19.5 Å². The van der Waals surface area contributed by atoms with Gasteiger partial charge in [0.2, 0.25) is 17.7 Å². The summed E-state index contributed by atoms with van der Waals surface area (Å²) in [4.78, 5) is 37.4. The van der Waals surface area contributed by atoms with Gasteiger partial charge in [-0.3, -0.25) is 19.8 Å². The summed E-state index contributed by atoms with van der Waals surface area (Å²) in [7, 11) is 0. The Kier molecular flexibility index (Phi) is 12.3. The molecule has 12 heteroatoms. The van der Waals surface area contributed by atoms with Crippen LogP contribution in [0, 0.1) is 5.41 Å². The van der Waals surface area contributed by atoms with Crippen LogP contribution in [0.25, 0.3) is 0 Å². The van der Waals surface area contributed by atoms with Crippen LogP contribution in [0.3, 0.4) is 0 Å². The molecule has 3 amide bonds. The highest BCUT2D eigenvalue weighted by Crippen LogP contribution is 2.12. The number of unbranched alkanes of at least 4 members (excludes halogenated alkanes) is 1. The number of benzene rings is 1. The number of primary amides is 1. The summed E-state index contributed by atoms with van der Waals surface area (Å²) < 4.78 is 0. The highest BCUT2D eigenvalue weighted by Gasteiger charge is 2.27. The quantitative estimate of drug-likeness (QED) is 0.0806. The SMILES string of the molecule is N=C(N)NCCC[C@H](N)C(=O)N[C@H](Cc1ccc(O)cc1)C(=O)N[C@@H](CCCCN)C(N)=O. The fourth-order valence-corrected chi connectivity index (χ4v) is 3.08. The first-order chi connectivity index (χ1) is 15.6. The van der Waals surface area contributed by atoms with E-state index < -0.39 is 35.8 Å². The van der Waals surface area contributed by atoms with Gasteiger partial charge < -0.3 is 44.0 Å². The molecule has 0 heterocycles. The Morgan fingerprint density at radius 1 is 0.939 bits per heavy atom. The molecule has 0 aliphatic rings. The maximum atomic E-state index is 13.0. The van der Waals surface area contributed by atoms with Crippen molar-refractivity contribution in [3.8, 4) is 5.75 Å². The van der Waals surface area contributed by atoms with Crippen molar-refractivity contribution in [2.75, 3.05) is 13.1 Å². The molecular weight excluding hydrogens is 428 g/mol. The van der Waals surface area contributed by atoms with E-state index in [4.69, 9.17) is 28.3 Å². The van der Waals surface area contributed by atoms with Gasteiger partial charge in [-0.1, -0.05) is 12.1 Å². The number of aromatic hydroxyl groups is 1. The molecule has 0 aliphatic heterocycles. The Morgan fingerprint density at radius 3 is 2.15 bits per heavy atom. The van der Waals surface area contributed by atoms with Gasteiger partial charge in [-0.2, -0.15) is 0 Å². The van der Waals surface area contributed by atoms with Gasteiger partial charge in [0, 0.05) is 13.0 Å². The van der Waals surface area contributed by atoms with E-state index in [-0.39, 0.29) is 18.1 Å². The van der Waals surface area contributed by atoms with Crippen LogP contribution in [-0.2, 0) is 20.8 Å². The van der Waals surface area contributed by atoms with E-state index in [2.05, 4.69) is 16.0 Å². The summed E-state index contributed by atoms with van der Waals surface area (Å²) in [5.41, 5.74) is 22.8. The van der Waals surface area contributed by atoms with Crippen molar-refractivity contribution in [3.05, 3.63) is 29.8 Å². The van der Waals surface area contributed by atoms with Crippen molar-refractivity contribution >= 4 is 23.7 Å². The lowest BCUT2D eigenvalue weighted by Gasteiger charge is -2.23. The van der Waals surface area contributed by atoms with Crippen LogP contribution < -0.4 is 38.9 Å². The number of phenolic OH excluding ortho intramolecular Hbond substituents is 1. The molecule has 1 aromatic rings. The lowest BCUT2D eigenvalue weighted by molar-refractivity contribution is -0.131. The van der Waals surface area contributed by atoms with E-state index in [1.807, 2.05) is 0 Å². The average Bonchev–Trinajstić information content (AvgIpc) is 2.76. The van der Waals surface area contributed by atoms with Crippen LogP contribution in [-0.4, -0.2) is 60.0 Å². The molecule has 3 atom stereocenters. The van der Waals surface area contributed by atoms with E-state index >= 15 is 0 Å². The number of guanidine groups is 1. The minimum atomic E-state index is -1.01. The van der Waals surface area contributed by atoms with Crippen LogP contribution in [0.4, 0.5) is 0 Å². The van der Waals surface area contributed by atoms with E-state index in [1.54, 1.807) is 12.1 Å². The number of hydrogen-bond donors (Lipinski definition) is 9. The zero-order valence-electron chi connectivity index (χ0n) is 18.7. The molecule has 0 saturated carbocycles. The first-order valence-corrected chi connectivity index (χ1v) is 10.9. The van der Waals surface area contributed by atoms with Gasteiger partial charge >= 0.3 is 0 Å². The predicted molar refractivity (Wildman–Crippen MR) is 125 cm³/mol. The summed E-state index contributed by atoms with van der Waals surface area (Å²) in [6, 6.07) is 3.40. The summed E-state index contributed by atoms with van der Waals surface area (Å²) in [5, 5.41) is 24.5. The van der Waals surface area contributed by atoms with E-state index in [9.17, 15) is 19.5 Å². The Morgan fingerprint density at radius 2 is 1.58 bits per heavy atom. The molecule has 1 rings (SSSR count). The second kappa shape index (κ2) is 14.6. The zero-order valence-corrected chi connectivity index (χ0v) is 18.7. The summed E-state index contributed by atoms with van der Waals surface area (Å²) in [6.07, 6.45) is 2.54. The van der Waals surface area contributed by atoms with Crippen molar-refractivity contribution in [1.29, 1.82) is 5.41 Å². The minimum Gasteiger partial charge on any atom is -0.508 e. The number of rotatable bonds is 15. The third-order valence-corrected chi connectivity index (χ3v) is 4.96. The van der Waals surface area contributed by atoms with Gasteiger partial charge in [0.05, 0.1) is 6.04 Å². The Labute approximate surface area is 193 Å². The van der Waals surface area contributed by atoms with E-state index in [0.29, 0.717) is 50.8 Å². The Bertz CT molecular complexity index is 787. The van der Waals surface area contributed by atoms with Crippen LogP contribution >= 0.6 is 0 Å². The normalized spacial score (nSPS) is 13.4. The first kappa shape index (κ1) is 27.7. The Hall–Kier alpha value is -3.38. The first-order valence-electron chi connectivity index (χ1n) is 10.9. The van der Waals surface area contributed by atoms with Crippen molar-refractivity contribution in [3.63, 3.8) is 0 Å². The smallest absolute Gasteiger partial charge is 0.243 e. The number of hydrogen-bond acceptors (Lipinski definition) is 7. The monoisotopic (exact) mass is 464 g/mol. The summed E-state index contributed by atoms with van der Waals surface area (Å²) in [5.74, 6) is -1.88. The van der Waals surface area contributed by atoms with Crippen molar-refractivity contribution in [1.82, 2.24) is 16.0 Å². The van der Waals surface area contributed by atoms with Gasteiger partial charge in [0.15, 0.2) is 5.96 Å². The van der Waals surface area contributed by atoms with E-state index in [0.717, 1.165) is 0 Å². The number of carbonyl (C=O) groups excluding carboxylic acids is 3. The molecule has 0 radical (unpaired) electrons. The fourth-order valence-electron chi connectivity index (χ4n) is 3.08. The van der Waals surface area contributed by atoms with E-state index in [1.165, 1.54) is 12.1 Å². The van der Waals surface area contributed by atoms with Crippen molar-refractivity contribution in [2.45, 2.75) is 56.7 Å². The topological polar surface area (TPSA) is 235 Å². The minimum absolute atomic E-state index is 0.0682. The number of phenols is 1. The van der Waals surface area contributed by atoms with Gasteiger partial charge in [-0.05, 0) is 56.3 Å². The number of nitrogens with two attached hydrogens (primary N) is 4. The summed E-state index contributed by atoms with van der Waals surface area (Å²) >= 11 is 0. The van der Waals surface area contributed by atoms with Crippen LogP contribution in [0.2, 0.25) is 0 Å². The molecule has 12 nitrogen and oxygen atoms in total. The summed E-state index contributed by atoms with van der Waals surface area (Å²) in [6.45, 7) is 0.843. The molecule has 184 valence electrons. The lowest BCUT2D eigenvalue weighted by Crippen LogP contribution is -2.56. The van der Waals surface area contributed by atoms with Crippen LogP contribution in [0.1, 0.15) is 37.7 Å². The maximum Gasteiger partial charge on any atom is 0.243 e. The molecule has 0 fully saturated rings. The zero-order chi connectivity index (χ0) is 24.8. The molecule has 13 N–H and O–H groups in total. The van der Waals surface area contributed by atoms with Crippen LogP contribution in [0.15, 0.2) is 24.3 Å². The number of nitrogens with one attached hydrogen (secondary N) is 4. The third kappa shape index (κ3) is 11.2. The highest BCUT2D eigenvalue weighted by molar-refractivity contribution is 5.92. The molecule has 33 heavy (non-hydrogen) atoms. The standard InChI is InChI=1S/C21H36N8O4/c22-10-2-1-5-16(18(24)31)28-20(33)17(12-13-6-8-14(30)9-7-13)29-19(32)15(23)4-3-11-27-21(25)26/h6-9,15-17,30H,1-5,10-12,22-23H2,(H2,24,31)(H,28,33)(H,29,32)(H4,25,26,27)/t15-,16-,17+/m0/s1. The highest BCUT2D eigenvalue weighted by atomic mass is 16.3. The molecular formula is C21H36N8O4. The fraction of sp³-hybridized carbons (Fsp3) is 0.524. The van der Waals surface area contributed by atoms with Crippen LogP contribution in [0.5, 0.6) is 5.75 Å². The molecule has 0 aromatic heterocycles. The van der Waals surface area contributed by atoms with Gasteiger partial charge in [0.1, 0.15) is 17.8 Å². The molecule has 0 saturated heterocycles. The molecule has 0 aliphatic carbocycles. The maximum absolute atomic E-state index is 13.0. The Balaban J connectivity index is 2.85. The predicted octanol–water partition coefficient (Wildman–Crippen LogP) is -1.89. The van der Waals surface area contributed by atoms with Crippen molar-refractivity contribution in [2.24, 2.45) is 22.9 Å². The molecule has 0 unspecified atom stereocenters. The largest absolute Gasteiger partial charge is 0.508 e. The molecule has 0 spiro atoms. The lowest BCUT2D eigenvalue weighted by atomic mass is 10.0. The number of amides is 3. The molecule has 1 aromatic carbocycles. The number of carbonyl (C=O) groups is 3. The van der Waals surface area contributed by atoms with Gasteiger partial charge in [0.25, 0.3) is 0 Å². The van der Waals surface area contributed by atoms with Gasteiger partial charge in [-0.15, -0.1) is 0 Å². The second-order valence-electron chi connectivity index (χ2n) is 7.77. The van der Waals surface area contributed by atoms with Gasteiger partial charge in [-0.25, -0.2) is 0 Å². The second-order valence-corrected chi connectivity index (χ2v) is 7.77. The molecule has 0 bridgehead atoms.